The Labute approximate surface area is 185 Å². The standard InChI is InChI=1S/C18H20N4O9S/c1-8(23)31-6-9-7-32-16-18(29-2,15(27)22(16)12(9)14(25)26)21-13(24)11(20-17(19)28)10-4-3-5-30-10/h3-5,11,16H,6-7H2,1-2H3,(H,21,24)(H,25,26)(H3,19,20,28)/t11?,16-,18-/m1/s1. The molecule has 2 aliphatic heterocycles. The summed E-state index contributed by atoms with van der Waals surface area (Å²) in [5.74, 6) is -3.55. The predicted molar refractivity (Wildman–Crippen MR) is 106 cm³/mol. The van der Waals surface area contributed by atoms with Gasteiger partial charge >= 0.3 is 18.0 Å². The molecule has 2 aliphatic rings. The van der Waals surface area contributed by atoms with Crippen molar-refractivity contribution in [3.05, 3.63) is 35.4 Å². The van der Waals surface area contributed by atoms with Crippen molar-refractivity contribution in [3.8, 4) is 0 Å². The Kier molecular flexibility index (Phi) is 6.45. The average molecular weight is 468 g/mol. The molecule has 4 amide bonds. The number of carboxylic acids is 1. The van der Waals surface area contributed by atoms with Crippen LogP contribution in [0.5, 0.6) is 0 Å². The first-order valence-electron chi connectivity index (χ1n) is 9.12. The van der Waals surface area contributed by atoms with Crippen LogP contribution in [0.1, 0.15) is 18.7 Å². The Hall–Kier alpha value is -3.52. The first-order chi connectivity index (χ1) is 15.1. The molecule has 0 bridgehead atoms. The van der Waals surface area contributed by atoms with Crippen molar-refractivity contribution in [1.82, 2.24) is 15.5 Å². The first-order valence-corrected chi connectivity index (χ1v) is 10.2. The Bertz CT molecular complexity index is 993. The minimum absolute atomic E-state index is 0.0577. The molecule has 3 atom stereocenters. The molecule has 0 aliphatic carbocycles. The first kappa shape index (κ1) is 23.1. The number of carboxylic acid groups (broad SMARTS) is 1. The molecule has 0 aromatic carbocycles. The second kappa shape index (κ2) is 8.92. The van der Waals surface area contributed by atoms with Crippen molar-refractivity contribution in [1.29, 1.82) is 0 Å². The topological polar surface area (TPSA) is 190 Å². The molecule has 0 spiro atoms. The van der Waals surface area contributed by atoms with Gasteiger partial charge in [-0.1, -0.05) is 0 Å². The number of ether oxygens (including phenoxy) is 2. The highest BCUT2D eigenvalue weighted by Crippen LogP contribution is 2.46. The Morgan fingerprint density at radius 3 is 2.69 bits per heavy atom. The molecular weight excluding hydrogens is 448 g/mol. The number of hydrogen-bond donors (Lipinski definition) is 4. The maximum Gasteiger partial charge on any atom is 0.352 e. The lowest BCUT2D eigenvalue weighted by molar-refractivity contribution is -0.193. The van der Waals surface area contributed by atoms with Gasteiger partial charge in [-0.2, -0.15) is 0 Å². The third kappa shape index (κ3) is 4.01. The smallest absolute Gasteiger partial charge is 0.352 e. The van der Waals surface area contributed by atoms with Crippen LogP contribution in [-0.2, 0) is 28.7 Å². The molecule has 14 heteroatoms. The van der Waals surface area contributed by atoms with E-state index in [4.69, 9.17) is 19.6 Å². The molecule has 1 fully saturated rings. The number of nitrogens with two attached hydrogens (primary N) is 1. The number of esters is 1. The Morgan fingerprint density at radius 1 is 1.44 bits per heavy atom. The minimum atomic E-state index is -1.90. The SMILES string of the molecule is CO[C@]1(NC(=O)C(NC(N)=O)c2ccco2)C(=O)N2C(C(=O)O)=C(COC(C)=O)CS[C@@H]21. The summed E-state index contributed by atoms with van der Waals surface area (Å²) in [6, 6.07) is 0.551. The van der Waals surface area contributed by atoms with Gasteiger partial charge in [-0.15, -0.1) is 11.8 Å². The molecule has 5 N–H and O–H groups in total. The molecule has 0 radical (unpaired) electrons. The van der Waals surface area contributed by atoms with E-state index in [-0.39, 0.29) is 29.4 Å². The number of fused-ring (bicyclic) bond motifs is 1. The van der Waals surface area contributed by atoms with Gasteiger partial charge in [-0.25, -0.2) is 9.59 Å². The summed E-state index contributed by atoms with van der Waals surface area (Å²) in [5.41, 5.74) is 3.11. The van der Waals surface area contributed by atoms with Crippen molar-refractivity contribution in [3.63, 3.8) is 0 Å². The molecular formula is C18H20N4O9S. The highest BCUT2D eigenvalue weighted by atomic mass is 32.2. The number of nitrogens with one attached hydrogen (secondary N) is 2. The Balaban J connectivity index is 1.87. The number of aliphatic carboxylic acids is 1. The average Bonchev–Trinajstić information content (AvgIpc) is 3.27. The molecule has 3 heterocycles. The van der Waals surface area contributed by atoms with Crippen LogP contribution < -0.4 is 16.4 Å². The van der Waals surface area contributed by atoms with Crippen LogP contribution in [0.4, 0.5) is 4.79 Å². The van der Waals surface area contributed by atoms with Crippen LogP contribution in [0.3, 0.4) is 0 Å². The van der Waals surface area contributed by atoms with Gasteiger partial charge in [0.15, 0.2) is 6.04 Å². The van der Waals surface area contributed by atoms with Crippen molar-refractivity contribution in [2.24, 2.45) is 5.73 Å². The molecule has 172 valence electrons. The molecule has 0 saturated carbocycles. The van der Waals surface area contributed by atoms with Crippen LogP contribution in [0.15, 0.2) is 34.1 Å². The highest BCUT2D eigenvalue weighted by molar-refractivity contribution is 8.00. The van der Waals surface area contributed by atoms with E-state index < -0.39 is 46.9 Å². The number of carbonyl (C=O) groups excluding carboxylic acids is 4. The number of urea groups is 1. The van der Waals surface area contributed by atoms with E-state index in [0.717, 1.165) is 16.7 Å². The van der Waals surface area contributed by atoms with Gasteiger partial charge < -0.3 is 35.4 Å². The van der Waals surface area contributed by atoms with E-state index in [0.29, 0.717) is 0 Å². The summed E-state index contributed by atoms with van der Waals surface area (Å²) < 4.78 is 15.4. The number of furan rings is 1. The quantitative estimate of drug-likeness (QED) is 0.215. The lowest BCUT2D eigenvalue weighted by Gasteiger charge is -2.55. The molecule has 13 nitrogen and oxygen atoms in total. The lowest BCUT2D eigenvalue weighted by Crippen LogP contribution is -2.81. The van der Waals surface area contributed by atoms with Crippen LogP contribution >= 0.6 is 11.8 Å². The third-order valence-electron chi connectivity index (χ3n) is 4.77. The maximum atomic E-state index is 13.0. The van der Waals surface area contributed by atoms with Crippen LogP contribution in [0.25, 0.3) is 0 Å². The zero-order valence-corrected chi connectivity index (χ0v) is 17.8. The van der Waals surface area contributed by atoms with Gasteiger partial charge in [0, 0.05) is 25.4 Å². The number of primary amides is 1. The van der Waals surface area contributed by atoms with Crippen LogP contribution in [0, 0.1) is 0 Å². The normalized spacial score (nSPS) is 23.0. The number of thioether (sulfide) groups is 1. The zero-order chi connectivity index (χ0) is 23.6. The lowest BCUT2D eigenvalue weighted by atomic mass is 9.97. The highest BCUT2D eigenvalue weighted by Gasteiger charge is 2.67. The van der Waals surface area contributed by atoms with Crippen molar-refractivity contribution >= 4 is 41.5 Å². The largest absolute Gasteiger partial charge is 0.477 e. The summed E-state index contributed by atoms with van der Waals surface area (Å²) in [4.78, 5) is 61.2. The number of nitrogens with zero attached hydrogens (tertiary/aromatic N) is 1. The Morgan fingerprint density at radius 2 is 2.16 bits per heavy atom. The van der Waals surface area contributed by atoms with E-state index in [2.05, 4.69) is 10.6 Å². The van der Waals surface area contributed by atoms with E-state index >= 15 is 0 Å². The molecule has 3 rings (SSSR count). The van der Waals surface area contributed by atoms with E-state index in [1.54, 1.807) is 0 Å². The van der Waals surface area contributed by atoms with Crippen molar-refractivity contribution in [2.75, 3.05) is 19.5 Å². The van der Waals surface area contributed by atoms with Crippen LogP contribution in [0.2, 0.25) is 0 Å². The summed E-state index contributed by atoms with van der Waals surface area (Å²) in [7, 11) is 1.18. The number of methoxy groups -OCH3 is 1. The summed E-state index contributed by atoms with van der Waals surface area (Å²) in [6.45, 7) is 0.880. The fourth-order valence-corrected chi connectivity index (χ4v) is 4.78. The summed E-state index contributed by atoms with van der Waals surface area (Å²) >= 11 is 1.11. The van der Waals surface area contributed by atoms with E-state index in [9.17, 15) is 29.1 Å². The fourth-order valence-electron chi connectivity index (χ4n) is 3.36. The molecule has 1 saturated heterocycles. The summed E-state index contributed by atoms with van der Waals surface area (Å²) in [5, 5.41) is 13.4. The predicted octanol–water partition coefficient (Wildman–Crippen LogP) is -0.735. The number of β-lactam (4-membered cyclic amide) rings is 1. The minimum Gasteiger partial charge on any atom is -0.477 e. The second-order valence-corrected chi connectivity index (χ2v) is 7.83. The van der Waals surface area contributed by atoms with Gasteiger partial charge in [0.25, 0.3) is 17.5 Å². The van der Waals surface area contributed by atoms with Gasteiger partial charge in [0.1, 0.15) is 23.4 Å². The molecule has 1 unspecified atom stereocenters. The number of amides is 4. The van der Waals surface area contributed by atoms with Gasteiger partial charge in [0.05, 0.1) is 6.26 Å². The molecule has 32 heavy (non-hydrogen) atoms. The van der Waals surface area contributed by atoms with Crippen molar-refractivity contribution < 1.29 is 43.0 Å². The third-order valence-corrected chi connectivity index (χ3v) is 6.14. The fraction of sp³-hybridized carbons (Fsp3) is 0.389. The van der Waals surface area contributed by atoms with E-state index in [1.165, 1.54) is 32.4 Å². The molecule has 1 aromatic rings. The number of hydrogen-bond acceptors (Lipinski definition) is 9. The van der Waals surface area contributed by atoms with Crippen molar-refractivity contribution in [2.45, 2.75) is 24.1 Å². The maximum absolute atomic E-state index is 13.0. The molecule has 1 aromatic heterocycles. The zero-order valence-electron chi connectivity index (χ0n) is 16.9. The number of rotatable bonds is 8. The van der Waals surface area contributed by atoms with Gasteiger partial charge in [-0.05, 0) is 12.1 Å². The van der Waals surface area contributed by atoms with Gasteiger partial charge in [0.2, 0.25) is 0 Å². The summed E-state index contributed by atoms with van der Waals surface area (Å²) in [6.07, 6.45) is 1.28. The van der Waals surface area contributed by atoms with E-state index in [1.807, 2.05) is 0 Å². The second-order valence-electron chi connectivity index (χ2n) is 6.76. The monoisotopic (exact) mass is 468 g/mol. The van der Waals surface area contributed by atoms with Gasteiger partial charge in [-0.3, -0.25) is 19.3 Å². The number of carbonyl (C=O) groups is 5. The van der Waals surface area contributed by atoms with Crippen LogP contribution in [-0.4, -0.2) is 70.4 Å².